The third-order valence-electron chi connectivity index (χ3n) is 2.09. The van der Waals surface area contributed by atoms with Crippen molar-refractivity contribution in [1.82, 2.24) is 0 Å². The number of carbonyl (C=O) groups is 1. The van der Waals surface area contributed by atoms with Crippen LogP contribution in [0.5, 0.6) is 0 Å². The highest BCUT2D eigenvalue weighted by molar-refractivity contribution is 6.38. The number of amidine groups is 1. The minimum absolute atomic E-state index is 0.153. The second-order valence-corrected chi connectivity index (χ2v) is 4.01. The zero-order chi connectivity index (χ0) is 11.9. The summed E-state index contributed by atoms with van der Waals surface area (Å²) in [5.41, 5.74) is 0.345. The van der Waals surface area contributed by atoms with E-state index in [1.807, 2.05) is 0 Å². The zero-order valence-electron chi connectivity index (χ0n) is 7.74. The molecule has 0 bridgehead atoms. The number of carbonyl (C=O) groups excluding carboxylic acids is 1. The maximum Gasteiger partial charge on any atom is 0.347 e. The van der Waals surface area contributed by atoms with Crippen molar-refractivity contribution in [2.45, 2.75) is 6.42 Å². The van der Waals surface area contributed by atoms with Crippen molar-refractivity contribution in [3.63, 3.8) is 0 Å². The number of halogens is 2. The van der Waals surface area contributed by atoms with Crippen LogP contribution in [0, 0.1) is 10.1 Å². The molecule has 1 aromatic rings. The van der Waals surface area contributed by atoms with Crippen LogP contribution in [-0.2, 0) is 0 Å². The van der Waals surface area contributed by atoms with Gasteiger partial charge in [-0.2, -0.15) is 0 Å². The smallest absolute Gasteiger partial charge is 0.347 e. The topological polar surface area (TPSA) is 72.6 Å². The number of ketones is 1. The van der Waals surface area contributed by atoms with Crippen LogP contribution in [0.4, 0.5) is 5.69 Å². The molecule has 0 unspecified atom stereocenters. The van der Waals surface area contributed by atoms with Crippen molar-refractivity contribution < 1.29 is 9.72 Å². The first-order valence-corrected chi connectivity index (χ1v) is 4.99. The predicted molar refractivity (Wildman–Crippen MR) is 59.5 cm³/mol. The molecule has 1 heterocycles. The summed E-state index contributed by atoms with van der Waals surface area (Å²) in [7, 11) is 0. The minimum Gasteiger partial charge on any atom is -0.358 e. The molecule has 0 saturated carbocycles. The van der Waals surface area contributed by atoms with Crippen LogP contribution < -0.4 is 0 Å². The largest absolute Gasteiger partial charge is 0.358 e. The van der Waals surface area contributed by atoms with Crippen LogP contribution in [0.15, 0.2) is 17.1 Å². The van der Waals surface area contributed by atoms with E-state index in [2.05, 4.69) is 4.99 Å². The highest BCUT2D eigenvalue weighted by Crippen LogP contribution is 2.34. The van der Waals surface area contributed by atoms with Crippen LogP contribution in [0.1, 0.15) is 16.8 Å². The Bertz CT molecular complexity index is 540. The average molecular weight is 259 g/mol. The van der Waals surface area contributed by atoms with Gasteiger partial charge in [-0.05, 0) is 16.0 Å². The summed E-state index contributed by atoms with van der Waals surface area (Å²) < 4.78 is 0. The number of aliphatic imine (C=N–C) groups is 1. The number of benzene rings is 1. The summed E-state index contributed by atoms with van der Waals surface area (Å²) in [6.45, 7) is 0. The Morgan fingerprint density at radius 1 is 1.38 bits per heavy atom. The van der Waals surface area contributed by atoms with Gasteiger partial charge >= 0.3 is 5.84 Å². The van der Waals surface area contributed by atoms with Crippen molar-refractivity contribution in [1.29, 1.82) is 0 Å². The Morgan fingerprint density at radius 2 is 2.06 bits per heavy atom. The number of rotatable bonds is 0. The normalized spacial score (nSPS) is 14.4. The Hall–Kier alpha value is -1.46. The number of nitro groups is 1. The van der Waals surface area contributed by atoms with Gasteiger partial charge in [0.05, 0.1) is 10.6 Å². The second-order valence-electron chi connectivity index (χ2n) is 3.17. The second kappa shape index (κ2) is 3.84. The summed E-state index contributed by atoms with van der Waals surface area (Å²) in [5, 5.41) is 11.0. The van der Waals surface area contributed by atoms with E-state index in [-0.39, 0.29) is 27.7 Å². The van der Waals surface area contributed by atoms with E-state index in [0.29, 0.717) is 0 Å². The van der Waals surface area contributed by atoms with Gasteiger partial charge in [-0.15, -0.1) is 0 Å². The molecule has 0 N–H and O–H groups in total. The lowest BCUT2D eigenvalue weighted by Crippen LogP contribution is -2.20. The fourth-order valence-corrected chi connectivity index (χ4v) is 2.03. The van der Waals surface area contributed by atoms with Gasteiger partial charge in [-0.1, -0.05) is 23.2 Å². The van der Waals surface area contributed by atoms with Crippen molar-refractivity contribution in [2.75, 3.05) is 0 Å². The third kappa shape index (κ3) is 1.79. The van der Waals surface area contributed by atoms with Crippen molar-refractivity contribution in [3.05, 3.63) is 37.9 Å². The van der Waals surface area contributed by atoms with Gasteiger partial charge in [0.25, 0.3) is 0 Å². The molecule has 2 rings (SSSR count). The summed E-state index contributed by atoms with van der Waals surface area (Å²) >= 11 is 11.5. The summed E-state index contributed by atoms with van der Waals surface area (Å²) in [4.78, 5) is 25.2. The zero-order valence-corrected chi connectivity index (χ0v) is 9.25. The molecule has 1 aliphatic heterocycles. The van der Waals surface area contributed by atoms with Gasteiger partial charge in [-0.25, -0.2) is 0 Å². The van der Waals surface area contributed by atoms with E-state index in [1.165, 1.54) is 12.1 Å². The fourth-order valence-electron chi connectivity index (χ4n) is 1.44. The Morgan fingerprint density at radius 3 is 2.69 bits per heavy atom. The van der Waals surface area contributed by atoms with Crippen molar-refractivity contribution in [3.8, 4) is 0 Å². The van der Waals surface area contributed by atoms with Gasteiger partial charge in [-0.3, -0.25) is 4.79 Å². The molecule has 0 saturated heterocycles. The van der Waals surface area contributed by atoms with E-state index in [0.717, 1.165) is 0 Å². The van der Waals surface area contributed by atoms with Crippen LogP contribution in [0.25, 0.3) is 0 Å². The molecule has 0 amide bonds. The molecule has 0 aliphatic carbocycles. The lowest BCUT2D eigenvalue weighted by atomic mass is 10.0. The van der Waals surface area contributed by atoms with Crippen LogP contribution in [0.3, 0.4) is 0 Å². The molecular formula is C9H4Cl2N2O3. The fraction of sp³-hybridized carbons (Fsp3) is 0.111. The standard InChI is InChI=1S/C9H4Cl2N2O3/c10-4-1-5(11)9-6(2-4)12-8(13(15)16)3-7(9)14/h1-2H,3H2. The monoisotopic (exact) mass is 258 g/mol. The molecule has 0 atom stereocenters. The number of fused-ring (bicyclic) bond motifs is 1. The van der Waals surface area contributed by atoms with E-state index >= 15 is 0 Å². The van der Waals surface area contributed by atoms with Crippen LogP contribution >= 0.6 is 23.2 Å². The van der Waals surface area contributed by atoms with E-state index in [1.54, 1.807) is 0 Å². The molecule has 82 valence electrons. The third-order valence-corrected chi connectivity index (χ3v) is 2.61. The van der Waals surface area contributed by atoms with Gasteiger partial charge in [0.2, 0.25) is 0 Å². The molecule has 0 fully saturated rings. The van der Waals surface area contributed by atoms with E-state index in [9.17, 15) is 14.9 Å². The Labute approximate surface area is 99.8 Å². The summed E-state index contributed by atoms with van der Waals surface area (Å²) in [5.74, 6) is -0.811. The first-order chi connectivity index (χ1) is 7.49. The van der Waals surface area contributed by atoms with E-state index in [4.69, 9.17) is 23.2 Å². The quantitative estimate of drug-likeness (QED) is 0.531. The molecule has 7 heteroatoms. The molecular weight excluding hydrogens is 255 g/mol. The molecule has 1 aromatic carbocycles. The number of nitrogens with zero attached hydrogens (tertiary/aromatic N) is 2. The maximum atomic E-state index is 11.6. The number of hydrogen-bond acceptors (Lipinski definition) is 4. The van der Waals surface area contributed by atoms with Gasteiger partial charge in [0.1, 0.15) is 6.42 Å². The molecule has 5 nitrogen and oxygen atoms in total. The number of Topliss-reactive ketones (excluding diaryl/α,β-unsaturated/α-hetero) is 1. The van der Waals surface area contributed by atoms with Crippen LogP contribution in [0.2, 0.25) is 10.0 Å². The predicted octanol–water partition coefficient (Wildman–Crippen LogP) is 2.89. The molecule has 0 spiro atoms. The lowest BCUT2D eigenvalue weighted by molar-refractivity contribution is -0.352. The Balaban J connectivity index is 2.66. The lowest BCUT2D eigenvalue weighted by Gasteiger charge is -2.09. The van der Waals surface area contributed by atoms with Gasteiger partial charge in [0, 0.05) is 11.1 Å². The summed E-state index contributed by atoms with van der Waals surface area (Å²) in [6.07, 6.45) is -0.346. The van der Waals surface area contributed by atoms with E-state index < -0.39 is 16.5 Å². The molecule has 0 radical (unpaired) electrons. The maximum absolute atomic E-state index is 11.6. The van der Waals surface area contributed by atoms with Crippen molar-refractivity contribution in [2.24, 2.45) is 4.99 Å². The highest BCUT2D eigenvalue weighted by Gasteiger charge is 2.31. The first-order valence-electron chi connectivity index (χ1n) is 4.23. The van der Waals surface area contributed by atoms with Gasteiger partial charge in [0.15, 0.2) is 11.5 Å². The molecule has 1 aliphatic rings. The average Bonchev–Trinajstić information content (AvgIpc) is 2.15. The SMILES string of the molecule is O=C1CC([N+](=O)[O-])=Nc2cc(Cl)cc(Cl)c21. The first kappa shape index (κ1) is 11.0. The summed E-state index contributed by atoms with van der Waals surface area (Å²) in [6, 6.07) is 2.79. The van der Waals surface area contributed by atoms with Crippen LogP contribution in [-0.4, -0.2) is 16.5 Å². The van der Waals surface area contributed by atoms with Crippen molar-refractivity contribution >= 4 is 40.5 Å². The van der Waals surface area contributed by atoms with Gasteiger partial charge < -0.3 is 10.1 Å². The minimum atomic E-state index is -0.685. The highest BCUT2D eigenvalue weighted by atomic mass is 35.5. The molecule has 16 heavy (non-hydrogen) atoms. The molecule has 0 aromatic heterocycles. The Kier molecular flexibility index (Phi) is 2.65. The number of hydrogen-bond donors (Lipinski definition) is 0.